The zero-order chi connectivity index (χ0) is 10.7. The standard InChI is InChI=1S/C9H14N2O3/c1-5(2)3-6(10)8-11-7(4-14-8)9(12)13/h4-6H,3,10H2,1-2H3,(H,12,13)/t6-/m0/s1. The van der Waals surface area contributed by atoms with Crippen molar-refractivity contribution in [2.24, 2.45) is 11.7 Å². The first kappa shape index (κ1) is 10.7. The van der Waals surface area contributed by atoms with Crippen molar-refractivity contribution < 1.29 is 14.3 Å². The smallest absolute Gasteiger partial charge is 0.357 e. The van der Waals surface area contributed by atoms with Crippen LogP contribution in [-0.2, 0) is 0 Å². The van der Waals surface area contributed by atoms with Crippen LogP contribution in [-0.4, -0.2) is 16.1 Å². The summed E-state index contributed by atoms with van der Waals surface area (Å²) >= 11 is 0. The van der Waals surface area contributed by atoms with Crippen molar-refractivity contribution in [1.29, 1.82) is 0 Å². The first-order chi connectivity index (χ1) is 6.50. The number of hydrogen-bond acceptors (Lipinski definition) is 4. The van der Waals surface area contributed by atoms with Gasteiger partial charge in [-0.2, -0.15) is 0 Å². The third kappa shape index (κ3) is 2.56. The average Bonchev–Trinajstić information content (AvgIpc) is 2.50. The van der Waals surface area contributed by atoms with Gasteiger partial charge in [0.15, 0.2) is 5.69 Å². The first-order valence-electron chi connectivity index (χ1n) is 4.45. The zero-order valence-corrected chi connectivity index (χ0v) is 8.23. The summed E-state index contributed by atoms with van der Waals surface area (Å²) in [5, 5.41) is 8.60. The van der Waals surface area contributed by atoms with E-state index >= 15 is 0 Å². The SMILES string of the molecule is CC(C)C[C@H](N)c1nc(C(=O)O)co1. The summed E-state index contributed by atoms with van der Waals surface area (Å²) in [6.45, 7) is 4.06. The van der Waals surface area contributed by atoms with E-state index in [0.29, 0.717) is 5.92 Å². The predicted octanol–water partition coefficient (Wildman–Crippen LogP) is 1.42. The molecule has 0 saturated heterocycles. The minimum absolute atomic E-state index is 0.0980. The normalized spacial score (nSPS) is 13.1. The molecule has 0 unspecified atom stereocenters. The van der Waals surface area contributed by atoms with Gasteiger partial charge in [-0.25, -0.2) is 9.78 Å². The Morgan fingerprint density at radius 1 is 1.71 bits per heavy atom. The fourth-order valence-electron chi connectivity index (χ4n) is 1.16. The molecule has 0 aliphatic carbocycles. The Balaban J connectivity index is 2.71. The van der Waals surface area contributed by atoms with E-state index in [1.54, 1.807) is 0 Å². The summed E-state index contributed by atoms with van der Waals surface area (Å²) < 4.78 is 4.97. The van der Waals surface area contributed by atoms with Crippen molar-refractivity contribution in [2.45, 2.75) is 26.3 Å². The summed E-state index contributed by atoms with van der Waals surface area (Å²) in [4.78, 5) is 14.3. The monoisotopic (exact) mass is 198 g/mol. The highest BCUT2D eigenvalue weighted by molar-refractivity contribution is 5.84. The maximum atomic E-state index is 10.5. The molecule has 0 aliphatic heterocycles. The highest BCUT2D eigenvalue weighted by Gasteiger charge is 2.16. The van der Waals surface area contributed by atoms with Crippen LogP contribution in [0.3, 0.4) is 0 Å². The molecule has 5 nitrogen and oxygen atoms in total. The third-order valence-electron chi connectivity index (χ3n) is 1.78. The van der Waals surface area contributed by atoms with Gasteiger partial charge < -0.3 is 15.3 Å². The summed E-state index contributed by atoms with van der Waals surface area (Å²) in [5.41, 5.74) is 5.66. The zero-order valence-electron chi connectivity index (χ0n) is 8.23. The first-order valence-corrected chi connectivity index (χ1v) is 4.45. The molecule has 0 spiro atoms. The summed E-state index contributed by atoms with van der Waals surface area (Å²) in [5.74, 6) is -0.391. The van der Waals surface area contributed by atoms with E-state index in [4.69, 9.17) is 15.3 Å². The molecule has 0 aromatic carbocycles. The second kappa shape index (κ2) is 4.23. The molecule has 1 aromatic rings. The molecule has 1 rings (SSSR count). The molecule has 0 aliphatic rings. The lowest BCUT2D eigenvalue weighted by molar-refractivity contribution is 0.0690. The lowest BCUT2D eigenvalue weighted by Gasteiger charge is -2.09. The molecule has 3 N–H and O–H groups in total. The van der Waals surface area contributed by atoms with E-state index in [9.17, 15) is 4.79 Å². The van der Waals surface area contributed by atoms with Crippen molar-refractivity contribution in [3.63, 3.8) is 0 Å². The van der Waals surface area contributed by atoms with E-state index in [1.807, 2.05) is 13.8 Å². The Labute approximate surface area is 81.9 Å². The number of aromatic carboxylic acids is 1. The molecular weight excluding hydrogens is 184 g/mol. The van der Waals surface area contributed by atoms with E-state index in [2.05, 4.69) is 4.98 Å². The van der Waals surface area contributed by atoms with Crippen LogP contribution in [0.2, 0.25) is 0 Å². The average molecular weight is 198 g/mol. The van der Waals surface area contributed by atoms with Crippen LogP contribution in [0.25, 0.3) is 0 Å². The van der Waals surface area contributed by atoms with E-state index in [0.717, 1.165) is 12.7 Å². The van der Waals surface area contributed by atoms with Crippen LogP contribution in [0.15, 0.2) is 10.7 Å². The van der Waals surface area contributed by atoms with Crippen LogP contribution in [0.5, 0.6) is 0 Å². The molecule has 0 fully saturated rings. The van der Waals surface area contributed by atoms with Gasteiger partial charge in [0, 0.05) is 0 Å². The number of oxazole rings is 1. The maximum Gasteiger partial charge on any atom is 0.357 e. The molecular formula is C9H14N2O3. The topological polar surface area (TPSA) is 89.3 Å². The molecule has 1 atom stereocenters. The van der Waals surface area contributed by atoms with Crippen LogP contribution >= 0.6 is 0 Å². The van der Waals surface area contributed by atoms with Crippen LogP contribution in [0, 0.1) is 5.92 Å². The van der Waals surface area contributed by atoms with Gasteiger partial charge in [0.05, 0.1) is 6.04 Å². The number of rotatable bonds is 4. The van der Waals surface area contributed by atoms with Crippen LogP contribution in [0.1, 0.15) is 42.7 Å². The molecule has 14 heavy (non-hydrogen) atoms. The van der Waals surface area contributed by atoms with Crippen molar-refractivity contribution >= 4 is 5.97 Å². The molecule has 0 saturated carbocycles. The number of aromatic nitrogens is 1. The van der Waals surface area contributed by atoms with Crippen molar-refractivity contribution in [2.75, 3.05) is 0 Å². The molecule has 0 amide bonds. The molecule has 5 heteroatoms. The van der Waals surface area contributed by atoms with E-state index in [-0.39, 0.29) is 17.6 Å². The van der Waals surface area contributed by atoms with E-state index in [1.165, 1.54) is 0 Å². The Morgan fingerprint density at radius 2 is 2.36 bits per heavy atom. The maximum absolute atomic E-state index is 10.5. The molecule has 78 valence electrons. The second-order valence-corrected chi connectivity index (χ2v) is 3.61. The number of carboxylic acids is 1. The van der Waals surface area contributed by atoms with Crippen molar-refractivity contribution in [1.82, 2.24) is 4.98 Å². The minimum Gasteiger partial charge on any atom is -0.476 e. The molecule has 0 radical (unpaired) electrons. The summed E-state index contributed by atoms with van der Waals surface area (Å²) in [7, 11) is 0. The van der Waals surface area contributed by atoms with Crippen molar-refractivity contribution in [3.05, 3.63) is 17.8 Å². The highest BCUT2D eigenvalue weighted by atomic mass is 16.4. The van der Waals surface area contributed by atoms with Gasteiger partial charge in [0.25, 0.3) is 0 Å². The fraction of sp³-hybridized carbons (Fsp3) is 0.556. The fourth-order valence-corrected chi connectivity index (χ4v) is 1.16. The second-order valence-electron chi connectivity index (χ2n) is 3.61. The third-order valence-corrected chi connectivity index (χ3v) is 1.78. The Morgan fingerprint density at radius 3 is 2.79 bits per heavy atom. The lowest BCUT2D eigenvalue weighted by atomic mass is 10.0. The van der Waals surface area contributed by atoms with Gasteiger partial charge in [0.2, 0.25) is 5.89 Å². The van der Waals surface area contributed by atoms with Gasteiger partial charge in [-0.1, -0.05) is 13.8 Å². The Bertz CT molecular complexity index is 320. The molecule has 1 aromatic heterocycles. The predicted molar refractivity (Wildman–Crippen MR) is 49.8 cm³/mol. The van der Waals surface area contributed by atoms with Crippen molar-refractivity contribution in [3.8, 4) is 0 Å². The highest BCUT2D eigenvalue weighted by Crippen LogP contribution is 2.17. The number of hydrogen-bond donors (Lipinski definition) is 2. The van der Waals surface area contributed by atoms with E-state index < -0.39 is 5.97 Å². The molecule has 0 bridgehead atoms. The number of carboxylic acid groups (broad SMARTS) is 1. The van der Waals surface area contributed by atoms with Gasteiger partial charge in [0.1, 0.15) is 6.26 Å². The van der Waals surface area contributed by atoms with Gasteiger partial charge in [-0.15, -0.1) is 0 Å². The number of nitrogens with two attached hydrogens (primary N) is 1. The summed E-state index contributed by atoms with van der Waals surface area (Å²) in [6, 6.07) is -0.330. The minimum atomic E-state index is -1.10. The van der Waals surface area contributed by atoms with Gasteiger partial charge in [-0.05, 0) is 12.3 Å². The Hall–Kier alpha value is -1.36. The molecule has 1 heterocycles. The largest absolute Gasteiger partial charge is 0.476 e. The van der Waals surface area contributed by atoms with Crippen LogP contribution in [0.4, 0.5) is 0 Å². The quantitative estimate of drug-likeness (QED) is 0.763. The Kier molecular flexibility index (Phi) is 3.24. The summed E-state index contributed by atoms with van der Waals surface area (Å²) in [6.07, 6.45) is 1.83. The van der Waals surface area contributed by atoms with Crippen LogP contribution < -0.4 is 5.73 Å². The lowest BCUT2D eigenvalue weighted by Crippen LogP contribution is -2.13. The van der Waals surface area contributed by atoms with Gasteiger partial charge in [-0.3, -0.25) is 0 Å². The number of carbonyl (C=O) groups is 1. The number of nitrogens with zero attached hydrogens (tertiary/aromatic N) is 1. The van der Waals surface area contributed by atoms with Gasteiger partial charge >= 0.3 is 5.97 Å².